The number of carbonyl (C=O) groups is 2. The highest BCUT2D eigenvalue weighted by molar-refractivity contribution is 5.84. The maximum absolute atomic E-state index is 11.1. The number of hydrogen-bond donors (Lipinski definition) is 1. The van der Waals surface area contributed by atoms with Gasteiger partial charge in [0.2, 0.25) is 11.8 Å². The van der Waals surface area contributed by atoms with E-state index in [1.54, 1.807) is 14.1 Å². The van der Waals surface area contributed by atoms with Gasteiger partial charge in [0.1, 0.15) is 6.61 Å². The quantitative estimate of drug-likeness (QED) is 0.661. The average Bonchev–Trinajstić information content (AvgIpc) is 2.10. The van der Waals surface area contributed by atoms with Crippen molar-refractivity contribution < 1.29 is 14.3 Å². The summed E-state index contributed by atoms with van der Waals surface area (Å²) < 4.78 is 5.06. The summed E-state index contributed by atoms with van der Waals surface area (Å²) in [5, 5.41) is 2.46. The van der Waals surface area contributed by atoms with Crippen LogP contribution in [-0.4, -0.2) is 50.1 Å². The predicted octanol–water partition coefficient (Wildman–Crippen LogP) is -0.384. The van der Waals surface area contributed by atoms with Gasteiger partial charge in [-0.1, -0.05) is 0 Å². The monoisotopic (exact) mass is 202 g/mol. The van der Waals surface area contributed by atoms with Crippen molar-refractivity contribution in [2.75, 3.05) is 27.2 Å². The predicted molar refractivity (Wildman–Crippen MR) is 52.8 cm³/mol. The fraction of sp³-hybridized carbons (Fsp3) is 0.778. The Labute approximate surface area is 84.4 Å². The lowest BCUT2D eigenvalue weighted by Gasteiger charge is -2.11. The second-order valence-electron chi connectivity index (χ2n) is 3.42. The molecule has 2 amide bonds. The fourth-order valence-electron chi connectivity index (χ4n) is 0.626. The largest absolute Gasteiger partial charge is 0.369 e. The van der Waals surface area contributed by atoms with Crippen LogP contribution in [0.1, 0.15) is 13.8 Å². The Morgan fingerprint density at radius 3 is 2.36 bits per heavy atom. The molecule has 0 spiro atoms. The molecule has 0 aliphatic rings. The summed E-state index contributed by atoms with van der Waals surface area (Å²) in [7, 11) is 3.28. The Balaban J connectivity index is 3.59. The number of rotatable bonds is 5. The topological polar surface area (TPSA) is 58.6 Å². The molecule has 1 N–H and O–H groups in total. The molecule has 0 aromatic rings. The number of nitrogens with one attached hydrogen (secondary N) is 1. The minimum Gasteiger partial charge on any atom is -0.369 e. The van der Waals surface area contributed by atoms with Crippen molar-refractivity contribution in [1.29, 1.82) is 0 Å². The van der Waals surface area contributed by atoms with E-state index < -0.39 is 0 Å². The van der Waals surface area contributed by atoms with Gasteiger partial charge in [-0.05, 0) is 13.8 Å². The van der Waals surface area contributed by atoms with Gasteiger partial charge in [-0.2, -0.15) is 0 Å². The zero-order chi connectivity index (χ0) is 11.1. The van der Waals surface area contributed by atoms with E-state index in [0.717, 1.165) is 0 Å². The molecule has 0 saturated heterocycles. The second-order valence-corrected chi connectivity index (χ2v) is 3.42. The standard InChI is InChI=1S/C9H18N2O3/c1-7(2)14-6-8(12)10-5-9(13)11(3)4/h7H,5-6H2,1-4H3,(H,10,12). The molecule has 5 nitrogen and oxygen atoms in total. The molecule has 0 aliphatic carbocycles. The molecule has 14 heavy (non-hydrogen) atoms. The SMILES string of the molecule is CC(C)OCC(=O)NCC(=O)N(C)C. The first kappa shape index (κ1) is 12.9. The first-order chi connectivity index (χ1) is 6.43. The Hall–Kier alpha value is -1.10. The molecular formula is C9H18N2O3. The Bertz CT molecular complexity index is 202. The van der Waals surface area contributed by atoms with Gasteiger partial charge in [-0.15, -0.1) is 0 Å². The second kappa shape index (κ2) is 6.37. The third-order valence-corrected chi connectivity index (χ3v) is 1.48. The minimum absolute atomic E-state index is 0.00161. The Morgan fingerprint density at radius 1 is 1.36 bits per heavy atom. The van der Waals surface area contributed by atoms with Crippen molar-refractivity contribution in [2.24, 2.45) is 0 Å². The molecule has 0 bridgehead atoms. The lowest BCUT2D eigenvalue weighted by atomic mass is 10.4. The van der Waals surface area contributed by atoms with Crippen LogP contribution < -0.4 is 5.32 Å². The van der Waals surface area contributed by atoms with E-state index in [4.69, 9.17) is 4.74 Å². The van der Waals surface area contributed by atoms with Gasteiger partial charge in [0.05, 0.1) is 12.6 Å². The van der Waals surface area contributed by atoms with Crippen LogP contribution in [0.5, 0.6) is 0 Å². The summed E-state index contributed by atoms with van der Waals surface area (Å²) in [4.78, 5) is 23.5. The lowest BCUT2D eigenvalue weighted by Crippen LogP contribution is -2.38. The molecule has 0 heterocycles. The van der Waals surface area contributed by atoms with Crippen molar-refractivity contribution >= 4 is 11.8 Å². The Morgan fingerprint density at radius 2 is 1.93 bits per heavy atom. The maximum atomic E-state index is 11.1. The molecular weight excluding hydrogens is 184 g/mol. The summed E-state index contributed by atoms with van der Waals surface area (Å²) in [6, 6.07) is 0. The zero-order valence-electron chi connectivity index (χ0n) is 9.16. The van der Waals surface area contributed by atoms with Crippen LogP contribution in [0.3, 0.4) is 0 Å². The van der Waals surface area contributed by atoms with Gasteiger partial charge >= 0.3 is 0 Å². The van der Waals surface area contributed by atoms with Gasteiger partial charge < -0.3 is 15.0 Å². The first-order valence-corrected chi connectivity index (χ1v) is 4.52. The van der Waals surface area contributed by atoms with Crippen LogP contribution in [0, 0.1) is 0 Å². The number of likely N-dealkylation sites (N-methyl/N-ethyl adjacent to an activating group) is 1. The fourth-order valence-corrected chi connectivity index (χ4v) is 0.626. The molecule has 5 heteroatoms. The summed E-state index contributed by atoms with van der Waals surface area (Å²) >= 11 is 0. The molecule has 0 aromatic carbocycles. The summed E-state index contributed by atoms with van der Waals surface area (Å²) in [5.41, 5.74) is 0. The summed E-state index contributed by atoms with van der Waals surface area (Å²) in [5.74, 6) is -0.406. The van der Waals surface area contributed by atoms with Crippen LogP contribution in [0.25, 0.3) is 0 Å². The number of hydrogen-bond acceptors (Lipinski definition) is 3. The van der Waals surface area contributed by atoms with Crippen LogP contribution in [0.4, 0.5) is 0 Å². The van der Waals surface area contributed by atoms with E-state index in [-0.39, 0.29) is 31.1 Å². The zero-order valence-corrected chi connectivity index (χ0v) is 9.16. The molecule has 0 saturated carbocycles. The average molecular weight is 202 g/mol. The summed E-state index contributed by atoms with van der Waals surface area (Å²) in [6.45, 7) is 3.71. The molecule has 0 fully saturated rings. The molecule has 0 radical (unpaired) electrons. The van der Waals surface area contributed by atoms with Gasteiger partial charge in [0, 0.05) is 14.1 Å². The van der Waals surface area contributed by atoms with Crippen molar-refractivity contribution in [3.05, 3.63) is 0 Å². The van der Waals surface area contributed by atoms with Gasteiger partial charge in [-0.3, -0.25) is 9.59 Å². The molecule has 0 aliphatic heterocycles. The molecule has 0 atom stereocenters. The van der Waals surface area contributed by atoms with Crippen LogP contribution in [-0.2, 0) is 14.3 Å². The van der Waals surface area contributed by atoms with Crippen LogP contribution in [0.2, 0.25) is 0 Å². The number of nitrogens with zero attached hydrogens (tertiary/aromatic N) is 1. The molecule has 0 aromatic heterocycles. The van der Waals surface area contributed by atoms with Crippen LogP contribution in [0.15, 0.2) is 0 Å². The van der Waals surface area contributed by atoms with Gasteiger partial charge in [0.25, 0.3) is 0 Å². The van der Waals surface area contributed by atoms with Crippen molar-refractivity contribution in [3.8, 4) is 0 Å². The summed E-state index contributed by atoms with van der Waals surface area (Å²) in [6.07, 6.45) is 0.0188. The van der Waals surface area contributed by atoms with E-state index >= 15 is 0 Å². The van der Waals surface area contributed by atoms with E-state index in [2.05, 4.69) is 5.32 Å². The normalized spacial score (nSPS) is 10.1. The number of carbonyl (C=O) groups excluding carboxylic acids is 2. The number of amides is 2. The van der Waals surface area contributed by atoms with E-state index in [9.17, 15) is 9.59 Å². The smallest absolute Gasteiger partial charge is 0.246 e. The van der Waals surface area contributed by atoms with Gasteiger partial charge in [0.15, 0.2) is 0 Å². The highest BCUT2D eigenvalue weighted by Gasteiger charge is 2.07. The first-order valence-electron chi connectivity index (χ1n) is 4.52. The van der Waals surface area contributed by atoms with Crippen LogP contribution >= 0.6 is 0 Å². The minimum atomic E-state index is -0.270. The lowest BCUT2D eigenvalue weighted by molar-refractivity contribution is -0.133. The highest BCUT2D eigenvalue weighted by atomic mass is 16.5. The Kier molecular flexibility index (Phi) is 5.87. The van der Waals surface area contributed by atoms with Crippen molar-refractivity contribution in [1.82, 2.24) is 10.2 Å². The highest BCUT2D eigenvalue weighted by Crippen LogP contribution is 1.86. The maximum Gasteiger partial charge on any atom is 0.246 e. The van der Waals surface area contributed by atoms with E-state index in [0.29, 0.717) is 0 Å². The molecule has 82 valence electrons. The third kappa shape index (κ3) is 6.42. The molecule has 0 rings (SSSR count). The van der Waals surface area contributed by atoms with E-state index in [1.165, 1.54) is 4.90 Å². The third-order valence-electron chi connectivity index (χ3n) is 1.48. The number of ether oxygens (including phenoxy) is 1. The van der Waals surface area contributed by atoms with E-state index in [1.807, 2.05) is 13.8 Å². The van der Waals surface area contributed by atoms with Crippen molar-refractivity contribution in [3.63, 3.8) is 0 Å². The molecule has 0 unspecified atom stereocenters. The van der Waals surface area contributed by atoms with Gasteiger partial charge in [-0.25, -0.2) is 0 Å². The van der Waals surface area contributed by atoms with Crippen molar-refractivity contribution in [2.45, 2.75) is 20.0 Å².